The van der Waals surface area contributed by atoms with Gasteiger partial charge in [-0.15, -0.1) is 0 Å². The van der Waals surface area contributed by atoms with Crippen LogP contribution in [0.2, 0.25) is 0 Å². The monoisotopic (exact) mass is 316 g/mol. The Labute approximate surface area is 139 Å². The number of hydrogen-bond acceptors (Lipinski definition) is 2. The molecule has 0 aliphatic carbocycles. The SMILES string of the molecule is Cc1ccc(C(=O)N2CCC(C(=O)NC(C)(C)C)CC2)cc1C. The summed E-state index contributed by atoms with van der Waals surface area (Å²) in [5, 5.41) is 3.04. The molecule has 1 aromatic carbocycles. The van der Waals surface area contributed by atoms with Crippen LogP contribution < -0.4 is 5.32 Å². The number of hydrogen-bond donors (Lipinski definition) is 1. The molecule has 0 aromatic heterocycles. The molecule has 0 bridgehead atoms. The van der Waals surface area contributed by atoms with Gasteiger partial charge >= 0.3 is 0 Å². The Morgan fingerprint density at radius 3 is 2.22 bits per heavy atom. The van der Waals surface area contributed by atoms with Crippen LogP contribution in [0.1, 0.15) is 55.1 Å². The van der Waals surface area contributed by atoms with Crippen molar-refractivity contribution in [3.8, 4) is 0 Å². The number of carbonyl (C=O) groups is 2. The van der Waals surface area contributed by atoms with Crippen LogP contribution in [-0.4, -0.2) is 35.3 Å². The van der Waals surface area contributed by atoms with Gasteiger partial charge in [-0.1, -0.05) is 6.07 Å². The van der Waals surface area contributed by atoms with Gasteiger partial charge in [-0.05, 0) is 70.7 Å². The number of nitrogens with one attached hydrogen (secondary N) is 1. The smallest absolute Gasteiger partial charge is 0.253 e. The summed E-state index contributed by atoms with van der Waals surface area (Å²) >= 11 is 0. The number of amides is 2. The van der Waals surface area contributed by atoms with Crippen molar-refractivity contribution in [1.29, 1.82) is 0 Å². The summed E-state index contributed by atoms with van der Waals surface area (Å²) in [5.41, 5.74) is 2.86. The molecule has 4 heteroatoms. The second-order valence-electron chi connectivity index (χ2n) is 7.60. The second-order valence-corrected chi connectivity index (χ2v) is 7.60. The average Bonchev–Trinajstić information content (AvgIpc) is 2.48. The molecule has 1 N–H and O–H groups in total. The summed E-state index contributed by atoms with van der Waals surface area (Å²) in [6.07, 6.45) is 1.47. The van der Waals surface area contributed by atoms with Crippen LogP contribution in [0.5, 0.6) is 0 Å². The third-order valence-corrected chi connectivity index (χ3v) is 4.41. The van der Waals surface area contributed by atoms with Gasteiger partial charge in [0.25, 0.3) is 5.91 Å². The predicted molar refractivity (Wildman–Crippen MR) is 92.4 cm³/mol. The van der Waals surface area contributed by atoms with E-state index in [1.807, 2.05) is 57.7 Å². The van der Waals surface area contributed by atoms with Crippen LogP contribution in [0.15, 0.2) is 18.2 Å². The Morgan fingerprint density at radius 2 is 1.70 bits per heavy atom. The average molecular weight is 316 g/mol. The Hall–Kier alpha value is -1.84. The van der Waals surface area contributed by atoms with Crippen LogP contribution in [0, 0.1) is 19.8 Å². The maximum absolute atomic E-state index is 12.6. The van der Waals surface area contributed by atoms with E-state index in [1.54, 1.807) is 0 Å². The molecule has 1 heterocycles. The lowest BCUT2D eigenvalue weighted by Gasteiger charge is -2.33. The lowest BCUT2D eigenvalue weighted by molar-refractivity contribution is -0.127. The maximum Gasteiger partial charge on any atom is 0.253 e. The van der Waals surface area contributed by atoms with E-state index < -0.39 is 0 Å². The number of benzene rings is 1. The van der Waals surface area contributed by atoms with Crippen molar-refractivity contribution in [3.63, 3.8) is 0 Å². The fourth-order valence-electron chi connectivity index (χ4n) is 2.87. The van der Waals surface area contributed by atoms with Crippen LogP contribution >= 0.6 is 0 Å². The largest absolute Gasteiger partial charge is 0.351 e. The first-order valence-electron chi connectivity index (χ1n) is 8.36. The summed E-state index contributed by atoms with van der Waals surface area (Å²) in [5.74, 6) is 0.191. The van der Waals surface area contributed by atoms with E-state index >= 15 is 0 Å². The van der Waals surface area contributed by atoms with Gasteiger partial charge in [0, 0.05) is 30.1 Å². The zero-order valence-corrected chi connectivity index (χ0v) is 14.9. The van der Waals surface area contributed by atoms with E-state index in [2.05, 4.69) is 5.32 Å². The standard InChI is InChI=1S/C19H28N2O2/c1-13-6-7-16(12-14(13)2)18(23)21-10-8-15(9-11-21)17(22)20-19(3,4)5/h6-7,12,15H,8-11H2,1-5H3,(H,20,22). The Kier molecular flexibility index (Phi) is 5.12. The van der Waals surface area contributed by atoms with E-state index in [0.717, 1.165) is 24.0 Å². The molecule has 1 fully saturated rings. The fourth-order valence-corrected chi connectivity index (χ4v) is 2.87. The molecule has 0 spiro atoms. The van der Waals surface area contributed by atoms with Crippen molar-refractivity contribution in [1.82, 2.24) is 10.2 Å². The minimum atomic E-state index is -0.205. The molecule has 0 unspecified atom stereocenters. The van der Waals surface area contributed by atoms with Gasteiger partial charge in [-0.3, -0.25) is 9.59 Å². The van der Waals surface area contributed by atoms with Crippen molar-refractivity contribution in [3.05, 3.63) is 34.9 Å². The minimum Gasteiger partial charge on any atom is -0.351 e. The minimum absolute atomic E-state index is 0.0121. The highest BCUT2D eigenvalue weighted by atomic mass is 16.2. The number of rotatable bonds is 2. The highest BCUT2D eigenvalue weighted by Crippen LogP contribution is 2.21. The van der Waals surface area contributed by atoms with Crippen molar-refractivity contribution < 1.29 is 9.59 Å². The molecule has 1 aliphatic rings. The maximum atomic E-state index is 12.6. The summed E-state index contributed by atoms with van der Waals surface area (Å²) in [7, 11) is 0. The molecular weight excluding hydrogens is 288 g/mol. The van der Waals surface area contributed by atoms with Gasteiger partial charge in [0.2, 0.25) is 5.91 Å². The summed E-state index contributed by atoms with van der Waals surface area (Å²) in [6.45, 7) is 11.3. The quantitative estimate of drug-likeness (QED) is 0.911. The van der Waals surface area contributed by atoms with E-state index in [9.17, 15) is 9.59 Å². The predicted octanol–water partition coefficient (Wildman–Crippen LogP) is 3.07. The second kappa shape index (κ2) is 6.73. The molecule has 0 atom stereocenters. The Bertz CT molecular complexity index is 594. The molecule has 23 heavy (non-hydrogen) atoms. The molecule has 0 radical (unpaired) electrons. The zero-order valence-electron chi connectivity index (χ0n) is 14.9. The highest BCUT2D eigenvalue weighted by Gasteiger charge is 2.29. The summed E-state index contributed by atoms with van der Waals surface area (Å²) in [6, 6.07) is 5.84. The van der Waals surface area contributed by atoms with E-state index in [1.165, 1.54) is 5.56 Å². The van der Waals surface area contributed by atoms with Gasteiger partial charge in [-0.25, -0.2) is 0 Å². The van der Waals surface area contributed by atoms with Gasteiger partial charge in [0.05, 0.1) is 0 Å². The van der Waals surface area contributed by atoms with Crippen LogP contribution in [0.25, 0.3) is 0 Å². The summed E-state index contributed by atoms with van der Waals surface area (Å²) in [4.78, 5) is 26.7. The molecule has 1 saturated heterocycles. The topological polar surface area (TPSA) is 49.4 Å². The van der Waals surface area contributed by atoms with Gasteiger partial charge < -0.3 is 10.2 Å². The molecule has 2 rings (SSSR count). The van der Waals surface area contributed by atoms with Crippen molar-refractivity contribution >= 4 is 11.8 Å². The highest BCUT2D eigenvalue weighted by molar-refractivity contribution is 5.94. The molecule has 2 amide bonds. The van der Waals surface area contributed by atoms with Crippen molar-refractivity contribution in [2.45, 2.75) is 53.0 Å². The van der Waals surface area contributed by atoms with Crippen LogP contribution in [0.4, 0.5) is 0 Å². The molecule has 1 aromatic rings. The van der Waals surface area contributed by atoms with E-state index in [4.69, 9.17) is 0 Å². The molecule has 4 nitrogen and oxygen atoms in total. The summed E-state index contributed by atoms with van der Waals surface area (Å²) < 4.78 is 0. The van der Waals surface area contributed by atoms with E-state index in [0.29, 0.717) is 13.1 Å². The first-order valence-corrected chi connectivity index (χ1v) is 8.36. The number of likely N-dealkylation sites (tertiary alicyclic amines) is 1. The normalized spacial score (nSPS) is 16.3. The Morgan fingerprint density at radius 1 is 1.09 bits per heavy atom. The molecule has 0 saturated carbocycles. The molecule has 1 aliphatic heterocycles. The van der Waals surface area contributed by atoms with Crippen LogP contribution in [0.3, 0.4) is 0 Å². The fraction of sp³-hybridized carbons (Fsp3) is 0.579. The molecule has 126 valence electrons. The number of aryl methyl sites for hydroxylation is 2. The lowest BCUT2D eigenvalue weighted by atomic mass is 9.94. The van der Waals surface area contributed by atoms with Gasteiger partial charge in [0.1, 0.15) is 0 Å². The van der Waals surface area contributed by atoms with Gasteiger partial charge in [0.15, 0.2) is 0 Å². The first kappa shape index (κ1) is 17.5. The van der Waals surface area contributed by atoms with E-state index in [-0.39, 0.29) is 23.3 Å². The first-order chi connectivity index (χ1) is 10.7. The number of piperidine rings is 1. The van der Waals surface area contributed by atoms with Crippen molar-refractivity contribution in [2.24, 2.45) is 5.92 Å². The number of nitrogens with zero attached hydrogens (tertiary/aromatic N) is 1. The lowest BCUT2D eigenvalue weighted by Crippen LogP contribution is -2.47. The third kappa shape index (κ3) is 4.57. The van der Waals surface area contributed by atoms with Gasteiger partial charge in [-0.2, -0.15) is 0 Å². The zero-order chi connectivity index (χ0) is 17.2. The third-order valence-electron chi connectivity index (χ3n) is 4.41. The van der Waals surface area contributed by atoms with Crippen LogP contribution in [-0.2, 0) is 4.79 Å². The number of carbonyl (C=O) groups excluding carboxylic acids is 2. The Balaban J connectivity index is 1.94. The molecular formula is C19H28N2O2. The van der Waals surface area contributed by atoms with Crippen molar-refractivity contribution in [2.75, 3.05) is 13.1 Å².